The lowest BCUT2D eigenvalue weighted by molar-refractivity contribution is -0.385. The van der Waals surface area contributed by atoms with E-state index >= 15 is 0 Å². The van der Waals surface area contributed by atoms with Crippen molar-refractivity contribution in [2.75, 3.05) is 23.3 Å². The molecule has 1 aliphatic heterocycles. The van der Waals surface area contributed by atoms with E-state index in [0.29, 0.717) is 23.8 Å². The monoisotopic (exact) mass is 329 g/mol. The van der Waals surface area contributed by atoms with Gasteiger partial charge in [-0.3, -0.25) is 19.9 Å². The molecule has 1 fully saturated rings. The molecule has 0 bridgehead atoms. The molecule has 1 aromatic heterocycles. The lowest BCUT2D eigenvalue weighted by Gasteiger charge is -2.18. The summed E-state index contributed by atoms with van der Waals surface area (Å²) in [4.78, 5) is 31.2. The molecule has 126 valence electrons. The third-order valence-corrected chi connectivity index (χ3v) is 4.11. The minimum atomic E-state index is -0.379. The number of hydrogen-bond donors (Lipinski definition) is 2. The van der Waals surface area contributed by atoms with E-state index in [1.807, 2.05) is 4.90 Å². The van der Waals surface area contributed by atoms with Crippen LogP contribution in [-0.4, -0.2) is 34.0 Å². The van der Waals surface area contributed by atoms with Crippen molar-refractivity contribution in [1.29, 1.82) is 0 Å². The number of nitrogens with one attached hydrogen (secondary N) is 2. The first-order valence-corrected chi connectivity index (χ1v) is 7.77. The van der Waals surface area contributed by atoms with Gasteiger partial charge in [0.2, 0.25) is 5.95 Å². The summed E-state index contributed by atoms with van der Waals surface area (Å²) < 4.78 is 0. The molecular weight excluding hydrogens is 310 g/mol. The van der Waals surface area contributed by atoms with E-state index in [4.69, 9.17) is 0 Å². The maximum absolute atomic E-state index is 11.6. The molecule has 3 rings (SSSR count). The third-order valence-electron chi connectivity index (χ3n) is 4.11. The van der Waals surface area contributed by atoms with Crippen LogP contribution in [0.1, 0.15) is 17.7 Å². The average Bonchev–Trinajstić information content (AvgIpc) is 2.94. The Morgan fingerprint density at radius 3 is 2.83 bits per heavy atom. The molecule has 1 saturated heterocycles. The molecule has 0 aliphatic carbocycles. The second-order valence-corrected chi connectivity index (χ2v) is 6.04. The van der Waals surface area contributed by atoms with E-state index in [-0.39, 0.29) is 22.2 Å². The average molecular weight is 329 g/mol. The zero-order valence-corrected chi connectivity index (χ0v) is 13.6. The number of aromatic nitrogens is 2. The minimum Gasteiger partial charge on any atom is -0.380 e. The largest absolute Gasteiger partial charge is 0.380 e. The lowest BCUT2D eigenvalue weighted by Crippen LogP contribution is -2.28. The van der Waals surface area contributed by atoms with Gasteiger partial charge in [-0.2, -0.15) is 0 Å². The highest BCUT2D eigenvalue weighted by atomic mass is 16.6. The summed E-state index contributed by atoms with van der Waals surface area (Å²) in [6, 6.07) is 6.68. The van der Waals surface area contributed by atoms with Gasteiger partial charge in [0.05, 0.1) is 4.92 Å². The van der Waals surface area contributed by atoms with Crippen molar-refractivity contribution < 1.29 is 4.92 Å². The van der Waals surface area contributed by atoms with Gasteiger partial charge in [0.15, 0.2) is 0 Å². The Labute approximate surface area is 138 Å². The molecule has 1 aliphatic rings. The van der Waals surface area contributed by atoms with Gasteiger partial charge in [0.25, 0.3) is 11.2 Å². The van der Waals surface area contributed by atoms with E-state index in [9.17, 15) is 14.9 Å². The summed E-state index contributed by atoms with van der Waals surface area (Å²) in [6.45, 7) is 5.02. The van der Waals surface area contributed by atoms with E-state index < -0.39 is 0 Å². The van der Waals surface area contributed by atoms with Crippen molar-refractivity contribution in [3.8, 4) is 0 Å². The van der Waals surface area contributed by atoms with Crippen LogP contribution in [0.3, 0.4) is 0 Å². The standard InChI is InChI=1S/C16H19N5O3/c1-10-7-12(3-4-14(10)21(23)24)18-13-5-6-20(9-13)16-17-11(2)8-15(22)19-16/h3-4,7-8,13,18H,5-6,9H2,1-2H3,(H,17,19,22). The van der Waals surface area contributed by atoms with Crippen LogP contribution in [0.5, 0.6) is 0 Å². The molecule has 24 heavy (non-hydrogen) atoms. The van der Waals surface area contributed by atoms with Gasteiger partial charge in [0, 0.05) is 48.2 Å². The predicted molar refractivity (Wildman–Crippen MR) is 91.7 cm³/mol. The van der Waals surface area contributed by atoms with Crippen LogP contribution in [0.4, 0.5) is 17.3 Å². The van der Waals surface area contributed by atoms with Gasteiger partial charge < -0.3 is 10.2 Å². The van der Waals surface area contributed by atoms with Crippen molar-refractivity contribution in [2.45, 2.75) is 26.3 Å². The Hall–Kier alpha value is -2.90. The van der Waals surface area contributed by atoms with Crippen LogP contribution < -0.4 is 15.8 Å². The highest BCUT2D eigenvalue weighted by Crippen LogP contribution is 2.24. The molecule has 8 heteroatoms. The fourth-order valence-corrected chi connectivity index (χ4v) is 2.97. The second kappa shape index (κ2) is 6.31. The molecule has 1 aromatic carbocycles. The van der Waals surface area contributed by atoms with Gasteiger partial charge >= 0.3 is 0 Å². The van der Waals surface area contributed by atoms with Crippen molar-refractivity contribution in [2.24, 2.45) is 0 Å². The van der Waals surface area contributed by atoms with Crippen molar-refractivity contribution in [3.63, 3.8) is 0 Å². The first-order valence-electron chi connectivity index (χ1n) is 7.77. The number of nitro benzene ring substituents is 1. The van der Waals surface area contributed by atoms with Gasteiger partial charge in [-0.15, -0.1) is 0 Å². The molecular formula is C16H19N5O3. The zero-order chi connectivity index (χ0) is 17.3. The van der Waals surface area contributed by atoms with E-state index in [2.05, 4.69) is 15.3 Å². The van der Waals surface area contributed by atoms with Crippen LogP contribution in [0.15, 0.2) is 29.1 Å². The minimum absolute atomic E-state index is 0.120. The molecule has 0 saturated carbocycles. The Morgan fingerprint density at radius 2 is 2.17 bits per heavy atom. The number of nitrogens with zero attached hydrogens (tertiary/aromatic N) is 3. The number of anilines is 2. The fraction of sp³-hybridized carbons (Fsp3) is 0.375. The number of benzene rings is 1. The summed E-state index contributed by atoms with van der Waals surface area (Å²) in [6.07, 6.45) is 0.897. The topological polar surface area (TPSA) is 104 Å². The van der Waals surface area contributed by atoms with Crippen molar-refractivity contribution in [3.05, 3.63) is 56.0 Å². The maximum atomic E-state index is 11.6. The Morgan fingerprint density at radius 1 is 1.38 bits per heavy atom. The van der Waals surface area contributed by atoms with Crippen LogP contribution in [0.2, 0.25) is 0 Å². The highest BCUT2D eigenvalue weighted by Gasteiger charge is 2.24. The van der Waals surface area contributed by atoms with Gasteiger partial charge in [0.1, 0.15) is 0 Å². The second-order valence-electron chi connectivity index (χ2n) is 6.04. The van der Waals surface area contributed by atoms with Crippen LogP contribution in [-0.2, 0) is 0 Å². The van der Waals surface area contributed by atoms with E-state index in [1.54, 1.807) is 26.0 Å². The van der Waals surface area contributed by atoms with Crippen molar-refractivity contribution >= 4 is 17.3 Å². The summed E-state index contributed by atoms with van der Waals surface area (Å²) in [5.41, 5.74) is 2.14. The number of nitro groups is 1. The smallest absolute Gasteiger partial charge is 0.272 e. The number of H-pyrrole nitrogens is 1. The summed E-state index contributed by atoms with van der Waals surface area (Å²) in [5, 5.41) is 14.3. The quantitative estimate of drug-likeness (QED) is 0.656. The zero-order valence-electron chi connectivity index (χ0n) is 13.6. The first kappa shape index (κ1) is 16.0. The lowest BCUT2D eigenvalue weighted by atomic mass is 10.1. The Balaban J connectivity index is 1.69. The highest BCUT2D eigenvalue weighted by molar-refractivity contribution is 5.54. The van der Waals surface area contributed by atoms with Crippen LogP contribution >= 0.6 is 0 Å². The van der Waals surface area contributed by atoms with Crippen LogP contribution in [0.25, 0.3) is 0 Å². The molecule has 1 unspecified atom stereocenters. The fourth-order valence-electron chi connectivity index (χ4n) is 2.97. The number of rotatable bonds is 4. The summed E-state index contributed by atoms with van der Waals surface area (Å²) >= 11 is 0. The number of aromatic amines is 1. The van der Waals surface area contributed by atoms with Gasteiger partial charge in [-0.05, 0) is 32.4 Å². The first-order chi connectivity index (χ1) is 11.4. The molecule has 2 N–H and O–H groups in total. The van der Waals surface area contributed by atoms with Crippen molar-refractivity contribution in [1.82, 2.24) is 9.97 Å². The molecule has 0 amide bonds. The van der Waals surface area contributed by atoms with Gasteiger partial charge in [-0.25, -0.2) is 4.98 Å². The molecule has 2 heterocycles. The SMILES string of the molecule is Cc1cc(=O)[nH]c(N2CCC(Nc3ccc([N+](=O)[O-])c(C)c3)C2)n1. The molecule has 8 nitrogen and oxygen atoms in total. The predicted octanol–water partition coefficient (Wildman–Crippen LogP) is 1.99. The third kappa shape index (κ3) is 3.37. The summed E-state index contributed by atoms with van der Waals surface area (Å²) in [7, 11) is 0. The summed E-state index contributed by atoms with van der Waals surface area (Å²) in [5.74, 6) is 0.587. The molecule has 0 radical (unpaired) electrons. The molecule has 2 aromatic rings. The van der Waals surface area contributed by atoms with E-state index in [1.165, 1.54) is 12.1 Å². The number of hydrogen-bond acceptors (Lipinski definition) is 6. The molecule has 1 atom stereocenters. The Bertz CT molecular complexity index is 833. The number of aryl methyl sites for hydroxylation is 2. The maximum Gasteiger partial charge on any atom is 0.272 e. The normalized spacial score (nSPS) is 17.1. The van der Waals surface area contributed by atoms with E-state index in [0.717, 1.165) is 18.7 Å². The van der Waals surface area contributed by atoms with Crippen LogP contribution in [0, 0.1) is 24.0 Å². The Kier molecular flexibility index (Phi) is 4.20. The molecule has 0 spiro atoms. The van der Waals surface area contributed by atoms with Gasteiger partial charge in [-0.1, -0.05) is 0 Å².